The van der Waals surface area contributed by atoms with Crippen LogP contribution in [0.25, 0.3) is 0 Å². The second-order valence-corrected chi connectivity index (χ2v) is 4.10. The van der Waals surface area contributed by atoms with E-state index >= 15 is 0 Å². The van der Waals surface area contributed by atoms with Gasteiger partial charge >= 0.3 is 0 Å². The van der Waals surface area contributed by atoms with E-state index in [2.05, 4.69) is 5.32 Å². The van der Waals surface area contributed by atoms with Gasteiger partial charge in [0, 0.05) is 13.7 Å². The molecule has 1 rings (SSSR count). The van der Waals surface area contributed by atoms with Crippen molar-refractivity contribution in [2.75, 3.05) is 26.9 Å². The number of nitrogens with one attached hydrogen (secondary N) is 1. The van der Waals surface area contributed by atoms with Gasteiger partial charge in [0.05, 0.1) is 6.04 Å². The molecular weight excluding hydrogens is 256 g/mol. The molecule has 1 aromatic heterocycles. The average molecular weight is 277 g/mol. The number of alkyl halides is 2. The lowest BCUT2D eigenvalue weighted by atomic mass is 10.1. The highest BCUT2D eigenvalue weighted by Gasteiger charge is 2.15. The molecule has 0 amide bonds. The van der Waals surface area contributed by atoms with Crippen LogP contribution in [0.15, 0.2) is 16.5 Å². The van der Waals surface area contributed by atoms with Gasteiger partial charge in [-0.3, -0.25) is 0 Å². The van der Waals surface area contributed by atoms with Crippen molar-refractivity contribution in [1.82, 2.24) is 5.32 Å². The molecule has 1 atom stereocenters. The zero-order chi connectivity index (χ0) is 14.1. The highest BCUT2D eigenvalue weighted by Crippen LogP contribution is 2.20. The largest absolute Gasteiger partial charge is 0.462 e. The Morgan fingerprint density at radius 1 is 1.37 bits per heavy atom. The number of rotatable bonds is 10. The van der Waals surface area contributed by atoms with Crippen LogP contribution in [0.2, 0.25) is 0 Å². The zero-order valence-electron chi connectivity index (χ0n) is 11.3. The molecule has 0 aromatic carbocycles. The van der Waals surface area contributed by atoms with E-state index < -0.39 is 13.0 Å². The fourth-order valence-electron chi connectivity index (χ4n) is 1.77. The van der Waals surface area contributed by atoms with Crippen LogP contribution in [0.4, 0.5) is 8.78 Å². The lowest BCUT2D eigenvalue weighted by Gasteiger charge is -2.15. The van der Waals surface area contributed by atoms with Crippen molar-refractivity contribution in [1.29, 1.82) is 0 Å². The van der Waals surface area contributed by atoms with Crippen molar-refractivity contribution in [3.05, 3.63) is 23.7 Å². The number of halogens is 2. The lowest BCUT2D eigenvalue weighted by Crippen LogP contribution is -2.22. The minimum atomic E-state index is -2.42. The van der Waals surface area contributed by atoms with E-state index in [9.17, 15) is 8.78 Å². The first kappa shape index (κ1) is 16.1. The molecular formula is C13H21F2NO3. The number of ether oxygens (including phenoxy) is 2. The highest BCUT2D eigenvalue weighted by atomic mass is 19.3. The number of furan rings is 1. The smallest absolute Gasteiger partial charge is 0.261 e. The third-order valence-corrected chi connectivity index (χ3v) is 2.56. The molecule has 0 bridgehead atoms. The van der Waals surface area contributed by atoms with E-state index in [-0.39, 0.29) is 12.6 Å². The van der Waals surface area contributed by atoms with Crippen LogP contribution in [0, 0.1) is 0 Å². The standard InChI is InChI=1S/C13H21F2NO3/c1-3-16-11(6-7-18-9-13(14)15)12-5-4-10(19-12)8-17-2/h4-5,11,13,16H,3,6-9H2,1-2H3. The number of hydrogen-bond donors (Lipinski definition) is 1. The molecule has 0 radical (unpaired) electrons. The Morgan fingerprint density at radius 3 is 2.79 bits per heavy atom. The minimum absolute atomic E-state index is 0.0340. The Morgan fingerprint density at radius 2 is 2.16 bits per heavy atom. The van der Waals surface area contributed by atoms with E-state index in [4.69, 9.17) is 13.9 Å². The fraction of sp³-hybridized carbons (Fsp3) is 0.692. The van der Waals surface area contributed by atoms with Gasteiger partial charge in [-0.05, 0) is 25.1 Å². The molecule has 110 valence electrons. The van der Waals surface area contributed by atoms with Crippen molar-refractivity contribution in [2.24, 2.45) is 0 Å². The topological polar surface area (TPSA) is 43.6 Å². The van der Waals surface area contributed by atoms with E-state index in [1.165, 1.54) is 0 Å². The summed E-state index contributed by atoms with van der Waals surface area (Å²) < 4.78 is 39.4. The molecule has 1 unspecified atom stereocenters. The molecule has 1 aromatic rings. The van der Waals surface area contributed by atoms with Gasteiger partial charge in [-0.1, -0.05) is 6.92 Å². The summed E-state index contributed by atoms with van der Waals surface area (Å²) in [5.74, 6) is 1.52. The van der Waals surface area contributed by atoms with Crippen LogP contribution in [-0.2, 0) is 16.1 Å². The summed E-state index contributed by atoms with van der Waals surface area (Å²) in [5, 5.41) is 3.24. The maximum absolute atomic E-state index is 11.9. The van der Waals surface area contributed by atoms with Gasteiger partial charge in [0.25, 0.3) is 6.43 Å². The Bertz CT molecular complexity index is 344. The summed E-state index contributed by atoms with van der Waals surface area (Å²) in [7, 11) is 1.60. The summed E-state index contributed by atoms with van der Waals surface area (Å²) in [5.41, 5.74) is 0. The summed E-state index contributed by atoms with van der Waals surface area (Å²) in [6.45, 7) is 2.90. The highest BCUT2D eigenvalue weighted by molar-refractivity contribution is 5.10. The zero-order valence-corrected chi connectivity index (χ0v) is 11.3. The molecule has 4 nitrogen and oxygen atoms in total. The average Bonchev–Trinajstić information content (AvgIpc) is 2.82. The lowest BCUT2D eigenvalue weighted by molar-refractivity contribution is 0.0138. The van der Waals surface area contributed by atoms with Crippen LogP contribution >= 0.6 is 0 Å². The van der Waals surface area contributed by atoms with Crippen LogP contribution in [0.3, 0.4) is 0 Å². The molecule has 0 aliphatic carbocycles. The third kappa shape index (κ3) is 6.13. The molecule has 0 saturated heterocycles. The third-order valence-electron chi connectivity index (χ3n) is 2.56. The van der Waals surface area contributed by atoms with Crippen molar-refractivity contribution in [3.8, 4) is 0 Å². The summed E-state index contributed by atoms with van der Waals surface area (Å²) in [6.07, 6.45) is -1.84. The molecule has 0 spiro atoms. The molecule has 19 heavy (non-hydrogen) atoms. The summed E-state index contributed by atoms with van der Waals surface area (Å²) in [4.78, 5) is 0. The Kier molecular flexibility index (Phi) is 7.62. The van der Waals surface area contributed by atoms with Crippen LogP contribution < -0.4 is 5.32 Å². The normalized spacial score (nSPS) is 13.1. The second-order valence-electron chi connectivity index (χ2n) is 4.10. The Labute approximate surface area is 112 Å². The molecule has 0 aliphatic heterocycles. The Balaban J connectivity index is 2.45. The van der Waals surface area contributed by atoms with Gasteiger partial charge in [-0.2, -0.15) is 0 Å². The van der Waals surface area contributed by atoms with Crippen molar-refractivity contribution in [2.45, 2.75) is 32.4 Å². The number of methoxy groups -OCH3 is 1. The quantitative estimate of drug-likeness (QED) is 0.668. The van der Waals surface area contributed by atoms with Gasteiger partial charge in [0.15, 0.2) is 0 Å². The van der Waals surface area contributed by atoms with Gasteiger partial charge in [-0.25, -0.2) is 8.78 Å². The monoisotopic (exact) mass is 277 g/mol. The SMILES string of the molecule is CCNC(CCOCC(F)F)c1ccc(COC)o1. The number of hydrogen-bond acceptors (Lipinski definition) is 4. The molecule has 6 heteroatoms. The summed E-state index contributed by atoms with van der Waals surface area (Å²) in [6, 6.07) is 3.69. The van der Waals surface area contributed by atoms with Crippen molar-refractivity contribution >= 4 is 0 Å². The van der Waals surface area contributed by atoms with E-state index in [1.807, 2.05) is 19.1 Å². The van der Waals surface area contributed by atoms with Gasteiger partial charge in [-0.15, -0.1) is 0 Å². The molecule has 0 fully saturated rings. The first-order valence-corrected chi connectivity index (χ1v) is 6.34. The molecule has 0 saturated carbocycles. The first-order chi connectivity index (χ1) is 9.17. The van der Waals surface area contributed by atoms with Gasteiger partial charge in [0.1, 0.15) is 24.7 Å². The first-order valence-electron chi connectivity index (χ1n) is 6.34. The molecule has 1 heterocycles. The van der Waals surface area contributed by atoms with Crippen LogP contribution in [0.5, 0.6) is 0 Å². The molecule has 0 aliphatic rings. The van der Waals surface area contributed by atoms with Crippen molar-refractivity contribution < 1.29 is 22.7 Å². The van der Waals surface area contributed by atoms with Crippen molar-refractivity contribution in [3.63, 3.8) is 0 Å². The Hall–Kier alpha value is -0.980. The van der Waals surface area contributed by atoms with E-state index in [1.54, 1.807) is 7.11 Å². The fourth-order valence-corrected chi connectivity index (χ4v) is 1.77. The van der Waals surface area contributed by atoms with E-state index in [0.717, 1.165) is 18.1 Å². The predicted molar refractivity (Wildman–Crippen MR) is 67.3 cm³/mol. The summed E-state index contributed by atoms with van der Waals surface area (Å²) >= 11 is 0. The maximum Gasteiger partial charge on any atom is 0.261 e. The van der Waals surface area contributed by atoms with Gasteiger partial charge < -0.3 is 19.2 Å². The predicted octanol–water partition coefficient (Wildman–Crippen LogP) is 2.75. The molecule has 1 N–H and O–H groups in total. The maximum atomic E-state index is 11.9. The van der Waals surface area contributed by atoms with Crippen LogP contribution in [-0.4, -0.2) is 33.3 Å². The van der Waals surface area contributed by atoms with Gasteiger partial charge in [0.2, 0.25) is 0 Å². The van der Waals surface area contributed by atoms with E-state index in [0.29, 0.717) is 13.0 Å². The second kappa shape index (κ2) is 9.01. The minimum Gasteiger partial charge on any atom is -0.462 e. The van der Waals surface area contributed by atoms with Crippen LogP contribution in [0.1, 0.15) is 30.9 Å².